The molecule has 0 fully saturated rings. The molecule has 0 aliphatic rings. The number of carbonyl (C=O) groups is 2. The molecule has 1 amide bonds. The van der Waals surface area contributed by atoms with E-state index in [0.717, 1.165) is 28.2 Å². The van der Waals surface area contributed by atoms with E-state index < -0.39 is 17.9 Å². The predicted octanol–water partition coefficient (Wildman–Crippen LogP) is 5.23. The number of nitrogens with zero attached hydrogens (tertiary/aromatic N) is 2. The fourth-order valence-corrected chi connectivity index (χ4v) is 4.08. The van der Waals surface area contributed by atoms with Crippen molar-refractivity contribution in [3.63, 3.8) is 0 Å². The Labute approximate surface area is 207 Å². The molecule has 1 atom stereocenters. The number of carboxylic acid groups (broad SMARTS) is 1. The largest absolute Gasteiger partial charge is 0.480 e. The number of hydrogen-bond donors (Lipinski definition) is 2. The van der Waals surface area contributed by atoms with Crippen molar-refractivity contribution in [1.82, 2.24) is 15.1 Å². The fraction of sp³-hybridized carbons (Fsp3) is 0.240. The average Bonchev–Trinajstić information content (AvgIpc) is 3.07. The Kier molecular flexibility index (Phi) is 8.50. The highest BCUT2D eigenvalue weighted by Crippen LogP contribution is 2.24. The van der Waals surface area contributed by atoms with Gasteiger partial charge in [-0.25, -0.2) is 9.48 Å². The lowest BCUT2D eigenvalue weighted by molar-refractivity contribution is -0.139. The van der Waals surface area contributed by atoms with Gasteiger partial charge in [0.05, 0.1) is 33.6 Å². The Morgan fingerprint density at radius 1 is 1.15 bits per heavy atom. The molecule has 2 aromatic carbocycles. The normalized spacial score (nSPS) is 12.1. The van der Waals surface area contributed by atoms with Gasteiger partial charge in [0, 0.05) is 18.4 Å². The molecule has 3 aromatic rings. The van der Waals surface area contributed by atoms with Gasteiger partial charge in [0.25, 0.3) is 5.91 Å². The van der Waals surface area contributed by atoms with Crippen molar-refractivity contribution in [1.29, 1.82) is 0 Å². The van der Waals surface area contributed by atoms with Crippen LogP contribution in [-0.4, -0.2) is 39.9 Å². The first-order chi connectivity index (χ1) is 16.2. The summed E-state index contributed by atoms with van der Waals surface area (Å²) >= 11 is 12.1. The summed E-state index contributed by atoms with van der Waals surface area (Å²) in [6.07, 6.45) is 3.58. The third-order valence-electron chi connectivity index (χ3n) is 5.34. The number of benzene rings is 2. The van der Waals surface area contributed by atoms with Crippen LogP contribution in [0.2, 0.25) is 10.0 Å². The number of amides is 1. The van der Waals surface area contributed by atoms with E-state index in [2.05, 4.69) is 10.4 Å². The molecule has 178 valence electrons. The molecular formula is C25H25Cl2N3O4. The van der Waals surface area contributed by atoms with Crippen molar-refractivity contribution in [3.8, 4) is 5.69 Å². The fourth-order valence-electron chi connectivity index (χ4n) is 3.51. The standard InChI is InChI=1S/C25H25Cl2N3O4/c1-15-19(14-34-3)16(2)30(29-15)18-12-10-17(11-13-18)6-4-9-22(25(32)33)28-24(31)23-20(26)7-5-8-21(23)27/h4-8,10-13,22H,9,14H2,1-3H3,(H,28,31)(H,32,33)/b6-4+. The molecule has 1 unspecified atom stereocenters. The summed E-state index contributed by atoms with van der Waals surface area (Å²) in [6.45, 7) is 4.45. The second kappa shape index (κ2) is 11.3. The van der Waals surface area contributed by atoms with Crippen LogP contribution in [0.4, 0.5) is 0 Å². The molecule has 2 N–H and O–H groups in total. The minimum absolute atomic E-state index is 0.0504. The van der Waals surface area contributed by atoms with E-state index in [9.17, 15) is 14.7 Å². The molecule has 0 saturated carbocycles. The third-order valence-corrected chi connectivity index (χ3v) is 5.97. The molecule has 0 bridgehead atoms. The van der Waals surface area contributed by atoms with Crippen LogP contribution in [-0.2, 0) is 16.1 Å². The molecular weight excluding hydrogens is 477 g/mol. The summed E-state index contributed by atoms with van der Waals surface area (Å²) in [5.74, 6) is -1.80. The Bertz CT molecular complexity index is 1200. The molecule has 3 rings (SSSR count). The number of rotatable bonds is 9. The molecule has 0 spiro atoms. The van der Waals surface area contributed by atoms with Crippen LogP contribution >= 0.6 is 23.2 Å². The van der Waals surface area contributed by atoms with Crippen molar-refractivity contribution < 1.29 is 19.4 Å². The Hall–Kier alpha value is -3.13. The number of aliphatic carboxylic acids is 1. The number of hydrogen-bond acceptors (Lipinski definition) is 4. The predicted molar refractivity (Wildman–Crippen MR) is 133 cm³/mol. The minimum atomic E-state index is -1.16. The van der Waals surface area contributed by atoms with E-state index in [1.54, 1.807) is 25.3 Å². The summed E-state index contributed by atoms with van der Waals surface area (Å²) in [5.41, 5.74) is 4.84. The van der Waals surface area contributed by atoms with Crippen LogP contribution in [0.25, 0.3) is 11.8 Å². The summed E-state index contributed by atoms with van der Waals surface area (Å²) in [6, 6.07) is 11.2. The van der Waals surface area contributed by atoms with Crippen LogP contribution < -0.4 is 5.32 Å². The van der Waals surface area contributed by atoms with Gasteiger partial charge in [-0.15, -0.1) is 0 Å². The summed E-state index contributed by atoms with van der Waals surface area (Å²) in [7, 11) is 1.66. The Balaban J connectivity index is 1.68. The highest BCUT2D eigenvalue weighted by molar-refractivity contribution is 6.39. The molecule has 1 heterocycles. The quantitative estimate of drug-likeness (QED) is 0.418. The number of carboxylic acids is 1. The SMILES string of the molecule is COCc1c(C)nn(-c2ccc(/C=C/CC(NC(=O)c3c(Cl)cccc3Cl)C(=O)O)cc2)c1C. The summed E-state index contributed by atoms with van der Waals surface area (Å²) in [4.78, 5) is 24.2. The van der Waals surface area contributed by atoms with Gasteiger partial charge >= 0.3 is 5.97 Å². The maximum Gasteiger partial charge on any atom is 0.326 e. The second-order valence-corrected chi connectivity index (χ2v) is 8.50. The zero-order valence-corrected chi connectivity index (χ0v) is 20.5. The number of aromatic nitrogens is 2. The molecule has 0 aliphatic heterocycles. The van der Waals surface area contributed by atoms with Crippen molar-refractivity contribution in [2.75, 3.05) is 7.11 Å². The Morgan fingerprint density at radius 2 is 1.79 bits per heavy atom. The van der Waals surface area contributed by atoms with Crippen LogP contribution in [0.15, 0.2) is 48.5 Å². The number of aryl methyl sites for hydroxylation is 1. The summed E-state index contributed by atoms with van der Waals surface area (Å²) < 4.78 is 7.12. The molecule has 0 aliphatic carbocycles. The number of ether oxygens (including phenoxy) is 1. The molecule has 1 aromatic heterocycles. The number of carbonyl (C=O) groups excluding carboxylic acids is 1. The molecule has 34 heavy (non-hydrogen) atoms. The number of halogens is 2. The smallest absolute Gasteiger partial charge is 0.326 e. The number of nitrogens with one attached hydrogen (secondary N) is 1. The zero-order chi connectivity index (χ0) is 24.8. The first kappa shape index (κ1) is 25.5. The van der Waals surface area contributed by atoms with Crippen molar-refractivity contribution in [2.45, 2.75) is 32.9 Å². The van der Waals surface area contributed by atoms with Gasteiger partial charge in [-0.2, -0.15) is 5.10 Å². The maximum absolute atomic E-state index is 12.5. The van der Waals surface area contributed by atoms with E-state index in [0.29, 0.717) is 6.61 Å². The van der Waals surface area contributed by atoms with Gasteiger partial charge in [0.2, 0.25) is 0 Å². The topological polar surface area (TPSA) is 93.5 Å². The van der Waals surface area contributed by atoms with Crippen molar-refractivity contribution in [2.24, 2.45) is 0 Å². The highest BCUT2D eigenvalue weighted by Gasteiger charge is 2.22. The van der Waals surface area contributed by atoms with E-state index in [-0.39, 0.29) is 22.0 Å². The van der Waals surface area contributed by atoms with E-state index in [1.165, 1.54) is 12.1 Å². The Morgan fingerprint density at radius 3 is 2.38 bits per heavy atom. The molecule has 0 radical (unpaired) electrons. The maximum atomic E-state index is 12.5. The lowest BCUT2D eigenvalue weighted by Crippen LogP contribution is -2.40. The third kappa shape index (κ3) is 5.86. The van der Waals surface area contributed by atoms with E-state index >= 15 is 0 Å². The van der Waals surface area contributed by atoms with Gasteiger partial charge in [-0.05, 0) is 50.1 Å². The van der Waals surface area contributed by atoms with Gasteiger partial charge in [0.1, 0.15) is 6.04 Å². The molecule has 7 nitrogen and oxygen atoms in total. The van der Waals surface area contributed by atoms with Gasteiger partial charge in [-0.1, -0.05) is 53.6 Å². The average molecular weight is 502 g/mol. The van der Waals surface area contributed by atoms with Gasteiger partial charge in [0.15, 0.2) is 0 Å². The monoisotopic (exact) mass is 501 g/mol. The lowest BCUT2D eigenvalue weighted by atomic mass is 10.1. The highest BCUT2D eigenvalue weighted by atomic mass is 35.5. The molecule has 0 saturated heterocycles. The molecule has 9 heteroatoms. The van der Waals surface area contributed by atoms with E-state index in [1.807, 2.05) is 42.8 Å². The van der Waals surface area contributed by atoms with Gasteiger partial charge in [-0.3, -0.25) is 4.79 Å². The van der Waals surface area contributed by atoms with Crippen LogP contribution in [0.5, 0.6) is 0 Å². The van der Waals surface area contributed by atoms with Crippen LogP contribution in [0, 0.1) is 13.8 Å². The summed E-state index contributed by atoms with van der Waals surface area (Å²) in [5, 5.41) is 16.9. The first-order valence-electron chi connectivity index (χ1n) is 10.5. The number of methoxy groups -OCH3 is 1. The van der Waals surface area contributed by atoms with Crippen LogP contribution in [0.3, 0.4) is 0 Å². The van der Waals surface area contributed by atoms with Crippen LogP contribution in [0.1, 0.15) is 39.3 Å². The second-order valence-electron chi connectivity index (χ2n) is 7.68. The minimum Gasteiger partial charge on any atom is -0.480 e. The van der Waals surface area contributed by atoms with Gasteiger partial charge < -0.3 is 15.2 Å². The zero-order valence-electron chi connectivity index (χ0n) is 19.0. The lowest BCUT2D eigenvalue weighted by Gasteiger charge is -2.14. The van der Waals surface area contributed by atoms with Crippen molar-refractivity contribution in [3.05, 3.63) is 86.7 Å². The first-order valence-corrected chi connectivity index (χ1v) is 11.3. The van der Waals surface area contributed by atoms with Crippen molar-refractivity contribution >= 4 is 41.2 Å². The van der Waals surface area contributed by atoms with E-state index in [4.69, 9.17) is 27.9 Å².